The first kappa shape index (κ1) is 67.8. The van der Waals surface area contributed by atoms with Gasteiger partial charge in [0.25, 0.3) is 0 Å². The summed E-state index contributed by atoms with van der Waals surface area (Å²) < 4.78 is 0. The van der Waals surface area contributed by atoms with E-state index in [1.807, 2.05) is 0 Å². The van der Waals surface area contributed by atoms with Gasteiger partial charge < -0.3 is 9.80 Å². The van der Waals surface area contributed by atoms with E-state index in [-0.39, 0.29) is 16.2 Å². The highest BCUT2D eigenvalue weighted by Crippen LogP contribution is 2.56. The molecule has 7 aromatic carbocycles. The van der Waals surface area contributed by atoms with Gasteiger partial charge in [-0.2, -0.15) is 0 Å². The number of aryl methyl sites for hydroxylation is 2. The Labute approximate surface area is 538 Å². The third-order valence-corrected chi connectivity index (χ3v) is 20.6. The number of anilines is 6. The van der Waals surface area contributed by atoms with Crippen molar-refractivity contribution in [3.63, 3.8) is 0 Å². The number of hydrogen-bond donors (Lipinski definition) is 0. The Morgan fingerprint density at radius 2 is 0.761 bits per heavy atom. The Morgan fingerprint density at radius 3 is 1.22 bits per heavy atom. The minimum Gasteiger partial charge on any atom is -0.311 e. The van der Waals surface area contributed by atoms with Gasteiger partial charge in [-0.3, -0.25) is 0 Å². The predicted molar refractivity (Wildman–Crippen MR) is 389 cm³/mol. The zero-order chi connectivity index (χ0) is 62.4. The molecule has 470 valence electrons. The molecular weight excluding hydrogens is 1060 g/mol. The number of unbranched alkanes of at least 4 members (excludes halogenated alkanes) is 15. The molecule has 0 fully saturated rings. The SMILES string of the molecule is CCCCCCCCC1(CCCCCCCC)c2cc(-c3ccc(N(c4ccc(CCCC)cc4)c4ccc(N(c5ccc(CCCC)cc5)c5ccc(C(C)(C)CC=C(C)CC)cc5)cc4)cc3)ccc2-c2ccc([C@@](C)(CC)CCCCCC)cc21. The average Bonchev–Trinajstić information content (AvgIpc) is 1.57. The Bertz CT molecular complexity index is 3170. The molecule has 8 rings (SSSR count). The molecule has 0 heterocycles. The van der Waals surface area contributed by atoms with Crippen molar-refractivity contribution in [2.45, 2.75) is 272 Å². The standard InChI is InChI=1S/C86H116N2/c1-12-19-24-27-29-32-62-86(63-33-30-28-25-20-13-2)82-65-71(42-58-80(82)81-59-45-73(66-83(81)86)85(11,18-7)61-31-26-21-14-3)70-40-50-76(51-41-70)87(74-46-36-68(37-47-74)34-22-15-4)78-54-56-79(57-55-78)88(75-48-38-69(39-49-75)35-23-16-5)77-52-43-72(44-53-77)84(9,10)64-60-67(8)17-6/h36-60,65-66H,12-35,61-64H2,1-11H3/t85-/m0/s1. The van der Waals surface area contributed by atoms with Crippen LogP contribution in [0, 0.1) is 0 Å². The lowest BCUT2D eigenvalue weighted by molar-refractivity contribution is 0.386. The number of rotatable bonds is 38. The Kier molecular flexibility index (Phi) is 25.9. The second-order valence-electron chi connectivity index (χ2n) is 27.7. The summed E-state index contributed by atoms with van der Waals surface area (Å²) in [6.07, 6.45) is 37.7. The van der Waals surface area contributed by atoms with E-state index in [9.17, 15) is 0 Å². The van der Waals surface area contributed by atoms with Crippen LogP contribution in [-0.2, 0) is 29.1 Å². The Morgan fingerprint density at radius 1 is 0.386 bits per heavy atom. The maximum Gasteiger partial charge on any atom is 0.0463 e. The summed E-state index contributed by atoms with van der Waals surface area (Å²) >= 11 is 0. The van der Waals surface area contributed by atoms with Crippen molar-refractivity contribution in [2.75, 3.05) is 9.80 Å². The van der Waals surface area contributed by atoms with E-state index in [2.05, 4.69) is 250 Å². The molecule has 88 heavy (non-hydrogen) atoms. The van der Waals surface area contributed by atoms with Crippen LogP contribution in [0.25, 0.3) is 22.3 Å². The molecule has 0 aromatic heterocycles. The van der Waals surface area contributed by atoms with Crippen molar-refractivity contribution in [3.05, 3.63) is 203 Å². The first-order valence-corrected chi connectivity index (χ1v) is 35.9. The summed E-state index contributed by atoms with van der Waals surface area (Å²) in [5.74, 6) is 0. The van der Waals surface area contributed by atoms with Crippen molar-refractivity contribution in [1.82, 2.24) is 0 Å². The second kappa shape index (κ2) is 33.6. The molecular formula is C86H116N2. The van der Waals surface area contributed by atoms with Crippen LogP contribution in [0.1, 0.15) is 276 Å². The molecule has 0 saturated heterocycles. The lowest BCUT2D eigenvalue weighted by atomic mass is 9.68. The number of hydrogen-bond acceptors (Lipinski definition) is 2. The lowest BCUT2D eigenvalue weighted by Gasteiger charge is -2.35. The fourth-order valence-electron chi connectivity index (χ4n) is 14.2. The average molecular weight is 1180 g/mol. The van der Waals surface area contributed by atoms with Crippen LogP contribution in [0.2, 0.25) is 0 Å². The van der Waals surface area contributed by atoms with Gasteiger partial charge in [0.1, 0.15) is 0 Å². The Hall–Kier alpha value is -6.12. The third-order valence-electron chi connectivity index (χ3n) is 20.6. The van der Waals surface area contributed by atoms with Crippen LogP contribution < -0.4 is 9.80 Å². The predicted octanol–water partition coefficient (Wildman–Crippen LogP) is 27.4. The summed E-state index contributed by atoms with van der Waals surface area (Å²) in [5, 5.41) is 0. The van der Waals surface area contributed by atoms with E-state index in [0.717, 1.165) is 42.7 Å². The molecule has 2 heteroatoms. The van der Waals surface area contributed by atoms with Crippen molar-refractivity contribution >= 4 is 34.1 Å². The fourth-order valence-corrected chi connectivity index (χ4v) is 14.2. The molecule has 7 aromatic rings. The van der Waals surface area contributed by atoms with E-state index in [1.165, 1.54) is 216 Å². The van der Waals surface area contributed by atoms with E-state index < -0.39 is 0 Å². The molecule has 1 aliphatic rings. The maximum atomic E-state index is 2.76. The maximum absolute atomic E-state index is 2.76. The van der Waals surface area contributed by atoms with Crippen LogP contribution >= 0.6 is 0 Å². The van der Waals surface area contributed by atoms with Crippen LogP contribution in [-0.4, -0.2) is 0 Å². The molecule has 0 saturated carbocycles. The van der Waals surface area contributed by atoms with Crippen molar-refractivity contribution in [1.29, 1.82) is 0 Å². The number of nitrogens with zero attached hydrogens (tertiary/aromatic N) is 2. The van der Waals surface area contributed by atoms with Crippen LogP contribution in [0.3, 0.4) is 0 Å². The quantitative estimate of drug-likeness (QED) is 0.0281. The number of allylic oxidation sites excluding steroid dienone is 2. The molecule has 2 nitrogen and oxygen atoms in total. The van der Waals surface area contributed by atoms with E-state index in [4.69, 9.17) is 0 Å². The van der Waals surface area contributed by atoms with Crippen molar-refractivity contribution in [2.24, 2.45) is 0 Å². The van der Waals surface area contributed by atoms with Gasteiger partial charge in [0.2, 0.25) is 0 Å². The molecule has 0 radical (unpaired) electrons. The van der Waals surface area contributed by atoms with Gasteiger partial charge in [0.15, 0.2) is 0 Å². The van der Waals surface area contributed by atoms with Gasteiger partial charge in [-0.1, -0.05) is 275 Å². The summed E-state index contributed by atoms with van der Waals surface area (Å²) in [5.41, 5.74) is 23.2. The zero-order valence-electron chi connectivity index (χ0n) is 57.3. The van der Waals surface area contributed by atoms with Gasteiger partial charge in [0, 0.05) is 39.5 Å². The van der Waals surface area contributed by atoms with E-state index in [0.29, 0.717) is 0 Å². The minimum atomic E-state index is 0.00819. The van der Waals surface area contributed by atoms with Gasteiger partial charge >= 0.3 is 0 Å². The number of fused-ring (bicyclic) bond motifs is 3. The van der Waals surface area contributed by atoms with Crippen LogP contribution in [0.5, 0.6) is 0 Å². The van der Waals surface area contributed by atoms with Crippen molar-refractivity contribution < 1.29 is 0 Å². The smallest absolute Gasteiger partial charge is 0.0463 e. The second-order valence-corrected chi connectivity index (χ2v) is 27.7. The molecule has 1 aliphatic carbocycles. The summed E-state index contributed by atoms with van der Waals surface area (Å²) in [4.78, 5) is 4.90. The van der Waals surface area contributed by atoms with Gasteiger partial charge in [-0.25, -0.2) is 0 Å². The fraction of sp³-hybridized carbons (Fsp3) is 0.488. The topological polar surface area (TPSA) is 6.48 Å². The molecule has 0 N–H and O–H groups in total. The molecule has 0 bridgehead atoms. The highest BCUT2D eigenvalue weighted by molar-refractivity contribution is 5.86. The van der Waals surface area contributed by atoms with Crippen LogP contribution in [0.4, 0.5) is 34.1 Å². The van der Waals surface area contributed by atoms with Gasteiger partial charge in [0.05, 0.1) is 0 Å². The highest BCUT2D eigenvalue weighted by atomic mass is 15.2. The largest absolute Gasteiger partial charge is 0.311 e. The van der Waals surface area contributed by atoms with Crippen molar-refractivity contribution in [3.8, 4) is 22.3 Å². The molecule has 0 amide bonds. The van der Waals surface area contributed by atoms with Crippen LogP contribution in [0.15, 0.2) is 169 Å². The first-order chi connectivity index (χ1) is 42.8. The zero-order valence-corrected chi connectivity index (χ0v) is 57.3. The number of benzene rings is 7. The summed E-state index contributed by atoms with van der Waals surface area (Å²) in [7, 11) is 0. The monoisotopic (exact) mass is 1180 g/mol. The minimum absolute atomic E-state index is 0.00819. The molecule has 1 atom stereocenters. The molecule has 0 spiro atoms. The lowest BCUT2D eigenvalue weighted by Crippen LogP contribution is -2.27. The van der Waals surface area contributed by atoms with Gasteiger partial charge in [-0.15, -0.1) is 0 Å². The van der Waals surface area contributed by atoms with Gasteiger partial charge in [-0.05, 0) is 216 Å². The first-order valence-electron chi connectivity index (χ1n) is 35.9. The van der Waals surface area contributed by atoms with E-state index in [1.54, 1.807) is 16.7 Å². The Balaban J connectivity index is 1.17. The molecule has 0 aliphatic heterocycles. The normalized spacial score (nSPS) is 13.6. The molecule has 0 unspecified atom stereocenters. The summed E-state index contributed by atoms with van der Waals surface area (Å²) in [6, 6.07) is 62.5. The third kappa shape index (κ3) is 17.2. The highest BCUT2D eigenvalue weighted by Gasteiger charge is 2.43. The summed E-state index contributed by atoms with van der Waals surface area (Å²) in [6.45, 7) is 25.9. The van der Waals surface area contributed by atoms with E-state index >= 15 is 0 Å².